The second-order valence-electron chi connectivity index (χ2n) is 4.26. The zero-order valence-electron chi connectivity index (χ0n) is 10.1. The number of methoxy groups -OCH3 is 1. The minimum atomic E-state index is -0.434. The maximum Gasteiger partial charge on any atom is 0.360 e. The van der Waals surface area contributed by atoms with Crippen LogP contribution in [0.25, 0.3) is 0 Å². The number of rotatable bonds is 5. The highest BCUT2D eigenvalue weighted by molar-refractivity contribution is 5.86. The van der Waals surface area contributed by atoms with E-state index in [1.165, 1.54) is 33.0 Å². The number of aromatic nitrogens is 3. The summed E-state index contributed by atoms with van der Waals surface area (Å²) < 4.78 is 6.27. The third-order valence-electron chi connectivity index (χ3n) is 2.99. The molecular weight excluding hydrogens is 220 g/mol. The highest BCUT2D eigenvalue weighted by Crippen LogP contribution is 2.07. The molecule has 94 valence electrons. The van der Waals surface area contributed by atoms with Gasteiger partial charge in [-0.1, -0.05) is 5.21 Å². The molecule has 1 aromatic heterocycles. The molecule has 17 heavy (non-hydrogen) atoms. The third kappa shape index (κ3) is 3.26. The van der Waals surface area contributed by atoms with Gasteiger partial charge >= 0.3 is 5.97 Å². The minimum Gasteiger partial charge on any atom is -0.464 e. The molecule has 0 saturated carbocycles. The Morgan fingerprint density at radius 2 is 2.18 bits per heavy atom. The molecule has 0 aliphatic carbocycles. The van der Waals surface area contributed by atoms with Crippen LogP contribution in [-0.4, -0.2) is 52.6 Å². The van der Waals surface area contributed by atoms with E-state index in [9.17, 15) is 4.79 Å². The molecule has 0 spiro atoms. The smallest absolute Gasteiger partial charge is 0.360 e. The topological polar surface area (TPSA) is 60.2 Å². The van der Waals surface area contributed by atoms with E-state index in [1.54, 1.807) is 10.9 Å². The molecule has 0 radical (unpaired) electrons. The molecule has 6 nitrogen and oxygen atoms in total. The summed E-state index contributed by atoms with van der Waals surface area (Å²) in [6.07, 6.45) is 5.30. The Balaban J connectivity index is 1.74. The van der Waals surface area contributed by atoms with Gasteiger partial charge in [0.05, 0.1) is 13.3 Å². The van der Waals surface area contributed by atoms with Gasteiger partial charge in [-0.3, -0.25) is 4.68 Å². The van der Waals surface area contributed by atoms with Gasteiger partial charge in [0, 0.05) is 6.54 Å². The molecule has 0 bridgehead atoms. The third-order valence-corrected chi connectivity index (χ3v) is 2.99. The number of nitrogens with zero attached hydrogens (tertiary/aromatic N) is 4. The Labute approximate surface area is 101 Å². The summed E-state index contributed by atoms with van der Waals surface area (Å²) in [7, 11) is 1.34. The van der Waals surface area contributed by atoms with Crippen molar-refractivity contribution in [2.45, 2.75) is 25.8 Å². The molecule has 1 saturated heterocycles. The normalized spacial score (nSPS) is 16.3. The fourth-order valence-corrected chi connectivity index (χ4v) is 2.07. The summed E-state index contributed by atoms with van der Waals surface area (Å²) >= 11 is 0. The summed E-state index contributed by atoms with van der Waals surface area (Å²) in [5.41, 5.74) is 0.272. The Morgan fingerprint density at radius 3 is 2.88 bits per heavy atom. The van der Waals surface area contributed by atoms with E-state index in [-0.39, 0.29) is 5.69 Å². The predicted molar refractivity (Wildman–Crippen MR) is 61.7 cm³/mol. The molecule has 0 aromatic carbocycles. The zero-order chi connectivity index (χ0) is 12.1. The van der Waals surface area contributed by atoms with Gasteiger partial charge in [0.15, 0.2) is 5.69 Å². The van der Waals surface area contributed by atoms with Crippen LogP contribution in [0.2, 0.25) is 0 Å². The van der Waals surface area contributed by atoms with Crippen LogP contribution < -0.4 is 0 Å². The number of carbonyl (C=O) groups is 1. The van der Waals surface area contributed by atoms with Crippen molar-refractivity contribution in [1.82, 2.24) is 19.9 Å². The molecule has 0 atom stereocenters. The van der Waals surface area contributed by atoms with E-state index >= 15 is 0 Å². The van der Waals surface area contributed by atoms with Gasteiger partial charge < -0.3 is 9.64 Å². The van der Waals surface area contributed by atoms with Crippen molar-refractivity contribution >= 4 is 5.97 Å². The molecule has 2 heterocycles. The van der Waals surface area contributed by atoms with E-state index in [1.807, 2.05) is 0 Å². The quantitative estimate of drug-likeness (QED) is 0.701. The second kappa shape index (κ2) is 5.77. The average molecular weight is 238 g/mol. The molecule has 0 amide bonds. The Bertz CT molecular complexity index is 371. The highest BCUT2D eigenvalue weighted by Gasteiger charge is 2.12. The van der Waals surface area contributed by atoms with Gasteiger partial charge in [0.2, 0.25) is 0 Å². The fourth-order valence-electron chi connectivity index (χ4n) is 2.07. The number of esters is 1. The fraction of sp³-hybridized carbons (Fsp3) is 0.727. The number of hydrogen-bond acceptors (Lipinski definition) is 5. The molecule has 0 unspecified atom stereocenters. The lowest BCUT2D eigenvalue weighted by Crippen LogP contribution is -2.21. The van der Waals surface area contributed by atoms with Crippen molar-refractivity contribution in [3.05, 3.63) is 11.9 Å². The van der Waals surface area contributed by atoms with Crippen molar-refractivity contribution in [3.8, 4) is 0 Å². The summed E-state index contributed by atoms with van der Waals surface area (Å²) in [4.78, 5) is 13.6. The molecule has 0 N–H and O–H groups in total. The van der Waals surface area contributed by atoms with Crippen LogP contribution in [0, 0.1) is 0 Å². The maximum atomic E-state index is 11.2. The van der Waals surface area contributed by atoms with Gasteiger partial charge in [-0.25, -0.2) is 4.79 Å². The lowest BCUT2D eigenvalue weighted by Gasteiger charge is -2.13. The Hall–Kier alpha value is -1.43. The summed E-state index contributed by atoms with van der Waals surface area (Å²) in [5.74, 6) is -0.434. The monoisotopic (exact) mass is 238 g/mol. The van der Waals surface area contributed by atoms with E-state index < -0.39 is 5.97 Å². The lowest BCUT2D eigenvalue weighted by atomic mass is 10.4. The predicted octanol–water partition coefficient (Wildman–Crippen LogP) is 0.551. The average Bonchev–Trinajstić information content (AvgIpc) is 2.99. The van der Waals surface area contributed by atoms with Crippen molar-refractivity contribution < 1.29 is 9.53 Å². The Kier molecular flexibility index (Phi) is 4.08. The van der Waals surface area contributed by atoms with E-state index in [4.69, 9.17) is 0 Å². The SMILES string of the molecule is COC(=O)c1cn(CCCN2CCCC2)nn1. The summed E-state index contributed by atoms with van der Waals surface area (Å²) in [6, 6.07) is 0. The number of aryl methyl sites for hydroxylation is 1. The van der Waals surface area contributed by atoms with Crippen LogP contribution in [0.4, 0.5) is 0 Å². The minimum absolute atomic E-state index is 0.272. The molecule has 2 rings (SSSR count). The van der Waals surface area contributed by atoms with Crippen LogP contribution in [0.5, 0.6) is 0 Å². The van der Waals surface area contributed by atoms with Crippen LogP contribution in [0.3, 0.4) is 0 Å². The molecule has 1 aliphatic rings. The number of likely N-dealkylation sites (tertiary alicyclic amines) is 1. The standard InChI is InChI=1S/C11H18N4O2/c1-17-11(16)10-9-15(13-12-10)8-4-7-14-5-2-3-6-14/h9H,2-8H2,1H3. The van der Waals surface area contributed by atoms with Crippen molar-refractivity contribution in [3.63, 3.8) is 0 Å². The second-order valence-corrected chi connectivity index (χ2v) is 4.26. The summed E-state index contributed by atoms with van der Waals surface area (Å²) in [6.45, 7) is 4.31. The summed E-state index contributed by atoms with van der Waals surface area (Å²) in [5, 5.41) is 7.66. The first-order valence-electron chi connectivity index (χ1n) is 6.00. The zero-order valence-corrected chi connectivity index (χ0v) is 10.1. The number of ether oxygens (including phenoxy) is 1. The molecule has 1 aliphatic heterocycles. The lowest BCUT2D eigenvalue weighted by molar-refractivity contribution is 0.0594. The molecule has 1 fully saturated rings. The maximum absolute atomic E-state index is 11.2. The van der Waals surface area contributed by atoms with Crippen molar-refractivity contribution in [2.75, 3.05) is 26.7 Å². The molecule has 1 aromatic rings. The van der Waals surface area contributed by atoms with Crippen LogP contribution in [0.15, 0.2) is 6.20 Å². The Morgan fingerprint density at radius 1 is 1.41 bits per heavy atom. The first-order chi connectivity index (χ1) is 8.29. The molecule has 6 heteroatoms. The van der Waals surface area contributed by atoms with Crippen LogP contribution >= 0.6 is 0 Å². The first kappa shape index (κ1) is 12.0. The van der Waals surface area contributed by atoms with Crippen molar-refractivity contribution in [2.24, 2.45) is 0 Å². The number of hydrogen-bond donors (Lipinski definition) is 0. The van der Waals surface area contributed by atoms with Gasteiger partial charge in [-0.05, 0) is 38.9 Å². The number of carbonyl (C=O) groups excluding carboxylic acids is 1. The van der Waals surface area contributed by atoms with Gasteiger partial charge in [-0.15, -0.1) is 5.10 Å². The van der Waals surface area contributed by atoms with E-state index in [2.05, 4.69) is 19.9 Å². The van der Waals surface area contributed by atoms with E-state index in [0.29, 0.717) is 0 Å². The van der Waals surface area contributed by atoms with E-state index in [0.717, 1.165) is 19.5 Å². The van der Waals surface area contributed by atoms with Gasteiger partial charge in [0.25, 0.3) is 0 Å². The first-order valence-corrected chi connectivity index (χ1v) is 6.00. The highest BCUT2D eigenvalue weighted by atomic mass is 16.5. The largest absolute Gasteiger partial charge is 0.464 e. The van der Waals surface area contributed by atoms with Gasteiger partial charge in [0.1, 0.15) is 0 Å². The molecular formula is C11H18N4O2. The van der Waals surface area contributed by atoms with Crippen LogP contribution in [0.1, 0.15) is 29.8 Å². The van der Waals surface area contributed by atoms with Crippen LogP contribution in [-0.2, 0) is 11.3 Å². The van der Waals surface area contributed by atoms with Gasteiger partial charge in [-0.2, -0.15) is 0 Å². The van der Waals surface area contributed by atoms with Crippen molar-refractivity contribution in [1.29, 1.82) is 0 Å².